The monoisotopic (exact) mass is 903 g/mol. The summed E-state index contributed by atoms with van der Waals surface area (Å²) >= 11 is 1.93. The molecule has 1 aromatic heterocycles. The van der Waals surface area contributed by atoms with E-state index < -0.39 is 0 Å². The standard InChI is InChI=1S/C63H62BN3S/c1-39-32-53-57-54(33-39)67-58-48(61(6)29-15-17-31-63(61,67)8)35-42(59(2,3)4)36-50(58)64(57)49-26-24-44(37-52(49)65(53)43-23-25-46-45-20-12-13-21-55(45)68-56(46)38-43)66-51-27-22-41(40-18-10-9-11-19-40)34-47(51)60(5)28-14-16-30-62(60,66)7/h9-13,18-27,32-38H,14-17,28-31H2,1-8H3. The number of rotatable bonds is 3. The van der Waals surface area contributed by atoms with Crippen molar-refractivity contribution in [1.29, 1.82) is 0 Å². The second-order valence-corrected chi connectivity index (χ2v) is 24.7. The third-order valence-electron chi connectivity index (χ3n) is 19.1. The number of hydrogen-bond acceptors (Lipinski definition) is 4. The molecule has 3 nitrogen and oxygen atoms in total. The van der Waals surface area contributed by atoms with E-state index in [1.807, 2.05) is 11.3 Å². The summed E-state index contributed by atoms with van der Waals surface area (Å²) in [6.45, 7) is 20.1. The maximum Gasteiger partial charge on any atom is 0.252 e. The number of nitrogens with zero attached hydrogens (tertiary/aromatic N) is 3. The molecule has 5 heteroatoms. The van der Waals surface area contributed by atoms with Crippen LogP contribution in [-0.2, 0) is 16.2 Å². The zero-order chi connectivity index (χ0) is 46.3. The molecule has 0 saturated heterocycles. The number of hydrogen-bond donors (Lipinski definition) is 0. The van der Waals surface area contributed by atoms with Gasteiger partial charge >= 0.3 is 0 Å². The highest BCUT2D eigenvalue weighted by Crippen LogP contribution is 2.64. The van der Waals surface area contributed by atoms with Crippen LogP contribution in [0.25, 0.3) is 31.3 Å². The lowest BCUT2D eigenvalue weighted by Gasteiger charge is -2.53. The molecule has 4 unspecified atom stereocenters. The molecule has 8 aromatic rings. The van der Waals surface area contributed by atoms with Crippen LogP contribution < -0.4 is 31.1 Å². The minimum Gasteiger partial charge on any atom is -0.335 e. The Kier molecular flexibility index (Phi) is 8.32. The first-order valence-electron chi connectivity index (χ1n) is 25.7. The number of benzene rings is 7. The van der Waals surface area contributed by atoms with E-state index in [4.69, 9.17) is 0 Å². The van der Waals surface area contributed by atoms with Gasteiger partial charge in [-0.1, -0.05) is 139 Å². The second-order valence-electron chi connectivity index (χ2n) is 23.6. The summed E-state index contributed by atoms with van der Waals surface area (Å²) in [6.07, 6.45) is 9.84. The number of anilines is 7. The number of fused-ring (bicyclic) bond motifs is 13. The summed E-state index contributed by atoms with van der Waals surface area (Å²) in [5.74, 6) is 0. The molecule has 68 heavy (non-hydrogen) atoms. The van der Waals surface area contributed by atoms with Crippen molar-refractivity contribution in [2.75, 3.05) is 14.7 Å². The van der Waals surface area contributed by atoms with Crippen LogP contribution in [0.2, 0.25) is 0 Å². The first kappa shape index (κ1) is 41.2. The zero-order valence-electron chi connectivity index (χ0n) is 41.2. The Hall–Kier alpha value is -5.78. The number of aryl methyl sites for hydroxylation is 1. The van der Waals surface area contributed by atoms with Crippen molar-refractivity contribution in [3.8, 4) is 11.1 Å². The molecule has 2 fully saturated rings. The fourth-order valence-corrected chi connectivity index (χ4v) is 16.3. The fourth-order valence-electron chi connectivity index (χ4n) is 15.1. The van der Waals surface area contributed by atoms with Gasteiger partial charge in [0.1, 0.15) is 0 Å². The van der Waals surface area contributed by atoms with Gasteiger partial charge < -0.3 is 14.7 Å². The van der Waals surface area contributed by atoms with Crippen LogP contribution in [0.4, 0.5) is 39.8 Å². The Morgan fingerprint density at radius 2 is 1.19 bits per heavy atom. The molecule has 4 aliphatic heterocycles. The first-order valence-corrected chi connectivity index (χ1v) is 26.5. The predicted molar refractivity (Wildman–Crippen MR) is 293 cm³/mol. The molecular weight excluding hydrogens is 842 g/mol. The molecule has 2 aliphatic carbocycles. The summed E-state index contributed by atoms with van der Waals surface area (Å²) in [7, 11) is 0. The van der Waals surface area contributed by atoms with Crippen molar-refractivity contribution in [2.24, 2.45) is 0 Å². The van der Waals surface area contributed by atoms with Gasteiger partial charge in [-0.05, 0) is 156 Å². The maximum atomic E-state index is 2.90. The molecule has 4 atom stereocenters. The highest BCUT2D eigenvalue weighted by Gasteiger charge is 2.62. The summed E-state index contributed by atoms with van der Waals surface area (Å²) < 4.78 is 2.69. The molecule has 2 saturated carbocycles. The zero-order valence-corrected chi connectivity index (χ0v) is 42.0. The van der Waals surface area contributed by atoms with Gasteiger partial charge in [0.15, 0.2) is 0 Å². The quantitative estimate of drug-likeness (QED) is 0.164. The lowest BCUT2D eigenvalue weighted by molar-refractivity contribution is 0.195. The highest BCUT2D eigenvalue weighted by atomic mass is 32.1. The van der Waals surface area contributed by atoms with E-state index in [0.29, 0.717) is 0 Å². The van der Waals surface area contributed by atoms with E-state index in [-0.39, 0.29) is 34.0 Å². The Labute approximate surface area is 407 Å². The molecule has 0 amide bonds. The summed E-state index contributed by atoms with van der Waals surface area (Å²) in [5, 5.41) is 2.69. The average Bonchev–Trinajstić information content (AvgIpc) is 3.88. The summed E-state index contributed by atoms with van der Waals surface area (Å²) in [6, 6.07) is 52.8. The van der Waals surface area contributed by atoms with Gasteiger partial charge in [-0.15, -0.1) is 11.3 Å². The smallest absolute Gasteiger partial charge is 0.252 e. The van der Waals surface area contributed by atoms with Crippen LogP contribution in [0.15, 0.2) is 133 Å². The van der Waals surface area contributed by atoms with Crippen molar-refractivity contribution in [3.63, 3.8) is 0 Å². The van der Waals surface area contributed by atoms with Gasteiger partial charge in [-0.25, -0.2) is 0 Å². The number of thiophene rings is 1. The molecule has 0 spiro atoms. The Balaban J connectivity index is 1.05. The third kappa shape index (κ3) is 5.17. The molecule has 0 radical (unpaired) electrons. The van der Waals surface area contributed by atoms with Gasteiger partial charge in [0.05, 0.1) is 11.1 Å². The molecule has 5 heterocycles. The van der Waals surface area contributed by atoms with Crippen LogP contribution in [0.3, 0.4) is 0 Å². The topological polar surface area (TPSA) is 9.72 Å². The minimum atomic E-state index is -0.0807. The van der Waals surface area contributed by atoms with E-state index in [9.17, 15) is 0 Å². The molecule has 6 aliphatic rings. The maximum absolute atomic E-state index is 2.90. The van der Waals surface area contributed by atoms with E-state index in [2.05, 4.69) is 204 Å². The fraction of sp³-hybridized carbons (Fsp3) is 0.333. The van der Waals surface area contributed by atoms with Crippen LogP contribution in [0, 0.1) is 6.92 Å². The Morgan fingerprint density at radius 3 is 1.97 bits per heavy atom. The van der Waals surface area contributed by atoms with E-state index in [1.165, 1.54) is 149 Å². The molecule has 7 aromatic carbocycles. The van der Waals surface area contributed by atoms with Gasteiger partial charge in [-0.3, -0.25) is 0 Å². The predicted octanol–water partition coefficient (Wildman–Crippen LogP) is 15.4. The van der Waals surface area contributed by atoms with E-state index >= 15 is 0 Å². The van der Waals surface area contributed by atoms with E-state index in [1.54, 1.807) is 5.56 Å². The van der Waals surface area contributed by atoms with Gasteiger partial charge in [0, 0.05) is 70.8 Å². The molecule has 0 N–H and O–H groups in total. The molecule has 14 rings (SSSR count). The van der Waals surface area contributed by atoms with Gasteiger partial charge in [-0.2, -0.15) is 0 Å². The SMILES string of the molecule is Cc1cc2c3c(c1)N1c4c(cc(C(C)(C)C)cc4C4(C)CCCCC14C)B3c1ccc(N3c4ccc(-c5ccccc5)cc4C4(C)CCCCC34C)cc1N2c1ccc2c(c1)sc1ccccc12. The minimum absolute atomic E-state index is 0.00935. The van der Waals surface area contributed by atoms with Crippen molar-refractivity contribution < 1.29 is 0 Å². The third-order valence-corrected chi connectivity index (χ3v) is 20.2. The largest absolute Gasteiger partial charge is 0.335 e. The van der Waals surface area contributed by atoms with Crippen molar-refractivity contribution in [2.45, 2.75) is 134 Å². The van der Waals surface area contributed by atoms with Crippen molar-refractivity contribution >= 4 is 94.4 Å². The van der Waals surface area contributed by atoms with Crippen LogP contribution >= 0.6 is 11.3 Å². The van der Waals surface area contributed by atoms with Crippen molar-refractivity contribution in [3.05, 3.63) is 156 Å². The van der Waals surface area contributed by atoms with Crippen LogP contribution in [0.5, 0.6) is 0 Å². The van der Waals surface area contributed by atoms with Crippen LogP contribution in [0.1, 0.15) is 122 Å². The van der Waals surface area contributed by atoms with E-state index in [0.717, 1.165) is 6.42 Å². The Morgan fingerprint density at radius 1 is 0.515 bits per heavy atom. The first-order chi connectivity index (χ1) is 32.7. The summed E-state index contributed by atoms with van der Waals surface area (Å²) in [5.41, 5.74) is 22.3. The Bertz CT molecular complexity index is 3470. The molecule has 0 bridgehead atoms. The normalized spacial score (nSPS) is 25.3. The molecule has 338 valence electrons. The average molecular weight is 904 g/mol. The molecular formula is C63H62BN3S. The lowest BCUT2D eigenvalue weighted by Crippen LogP contribution is -2.64. The summed E-state index contributed by atoms with van der Waals surface area (Å²) in [4.78, 5) is 8.39. The second kappa shape index (κ2) is 13.7. The van der Waals surface area contributed by atoms with Gasteiger partial charge in [0.25, 0.3) is 6.71 Å². The van der Waals surface area contributed by atoms with Gasteiger partial charge in [0.2, 0.25) is 0 Å². The highest BCUT2D eigenvalue weighted by molar-refractivity contribution is 7.25. The lowest BCUT2D eigenvalue weighted by atomic mass is 9.33. The van der Waals surface area contributed by atoms with Crippen LogP contribution in [-0.4, -0.2) is 17.8 Å². The van der Waals surface area contributed by atoms with Crippen molar-refractivity contribution in [1.82, 2.24) is 0 Å².